The van der Waals surface area contributed by atoms with Gasteiger partial charge in [-0.3, -0.25) is 4.79 Å². The molecule has 2 aromatic rings. The van der Waals surface area contributed by atoms with Crippen molar-refractivity contribution in [2.75, 3.05) is 9.62 Å². The Kier molecular flexibility index (Phi) is 5.19. The second kappa shape index (κ2) is 6.97. The average molecular weight is 343 g/mol. The van der Waals surface area contributed by atoms with Crippen molar-refractivity contribution >= 4 is 36.1 Å². The number of nitrogens with two attached hydrogens (primary N) is 1. The maximum absolute atomic E-state index is 12.3. The fourth-order valence-electron chi connectivity index (χ4n) is 2.11. The summed E-state index contributed by atoms with van der Waals surface area (Å²) >= 11 is 4.20. The molecule has 5 nitrogen and oxygen atoms in total. The predicted octanol–water partition coefficient (Wildman–Crippen LogP) is 3.97. The quantitative estimate of drug-likeness (QED) is 0.738. The molecule has 0 fully saturated rings. The smallest absolute Gasteiger partial charge is 0.336 e. The van der Waals surface area contributed by atoms with Gasteiger partial charge in [-0.2, -0.15) is 0 Å². The molecule has 0 atom stereocenters. The summed E-state index contributed by atoms with van der Waals surface area (Å²) in [5.74, 6) is -0.518. The van der Waals surface area contributed by atoms with E-state index in [1.165, 1.54) is 9.87 Å². The van der Waals surface area contributed by atoms with E-state index in [9.17, 15) is 9.59 Å². The molecule has 0 saturated carbocycles. The summed E-state index contributed by atoms with van der Waals surface area (Å²) in [6, 6.07) is 13.6. The van der Waals surface area contributed by atoms with Crippen LogP contribution in [0.3, 0.4) is 0 Å². The summed E-state index contributed by atoms with van der Waals surface area (Å²) in [5.41, 5.74) is 8.02. The summed E-state index contributed by atoms with van der Waals surface area (Å²) in [4.78, 5) is 23.3. The highest BCUT2D eigenvalue weighted by atomic mass is 32.1. The highest BCUT2D eigenvalue weighted by Gasteiger charge is 2.15. The first-order valence-electron chi connectivity index (χ1n) is 7.49. The molecular weight excluding hydrogens is 322 g/mol. The highest BCUT2D eigenvalue weighted by Crippen LogP contribution is 2.24. The van der Waals surface area contributed by atoms with E-state index in [2.05, 4.69) is 38.9 Å². The van der Waals surface area contributed by atoms with Crippen molar-refractivity contribution in [3.05, 3.63) is 59.7 Å². The summed E-state index contributed by atoms with van der Waals surface area (Å²) in [6.07, 6.45) is 0. The third kappa shape index (κ3) is 4.29. The van der Waals surface area contributed by atoms with Crippen molar-refractivity contribution < 1.29 is 9.59 Å². The first-order valence-corrected chi connectivity index (χ1v) is 7.89. The topological polar surface area (TPSA) is 75.4 Å². The third-order valence-electron chi connectivity index (χ3n) is 3.59. The maximum atomic E-state index is 12.3. The number of anilines is 2. The lowest BCUT2D eigenvalue weighted by atomic mass is 9.87. The largest absolute Gasteiger partial charge is 0.366 e. The third-order valence-corrected chi connectivity index (χ3v) is 4.00. The van der Waals surface area contributed by atoms with Crippen LogP contribution >= 0.6 is 12.8 Å². The minimum Gasteiger partial charge on any atom is -0.366 e. The Bertz CT molecular complexity index is 734. The van der Waals surface area contributed by atoms with Crippen LogP contribution in [0.25, 0.3) is 0 Å². The van der Waals surface area contributed by atoms with Crippen molar-refractivity contribution in [3.8, 4) is 0 Å². The van der Waals surface area contributed by atoms with Gasteiger partial charge in [0, 0.05) is 11.3 Å². The number of nitrogens with one attached hydrogen (secondary N) is 1. The van der Waals surface area contributed by atoms with Crippen LogP contribution in [0.5, 0.6) is 0 Å². The second-order valence-electron chi connectivity index (χ2n) is 6.48. The van der Waals surface area contributed by atoms with Crippen molar-refractivity contribution in [2.45, 2.75) is 26.2 Å². The molecule has 3 N–H and O–H groups in total. The Morgan fingerprint density at radius 1 is 1.00 bits per heavy atom. The number of benzene rings is 2. The Hall–Kier alpha value is -2.47. The van der Waals surface area contributed by atoms with Gasteiger partial charge in [-0.1, -0.05) is 45.7 Å². The molecule has 6 heteroatoms. The Morgan fingerprint density at radius 2 is 1.54 bits per heavy atom. The molecule has 0 radical (unpaired) electrons. The molecule has 2 aromatic carbocycles. The fraction of sp³-hybridized carbons (Fsp3) is 0.222. The van der Waals surface area contributed by atoms with Crippen LogP contribution in [0, 0.1) is 0 Å². The highest BCUT2D eigenvalue weighted by molar-refractivity contribution is 7.82. The van der Waals surface area contributed by atoms with Crippen LogP contribution in [0.15, 0.2) is 48.5 Å². The van der Waals surface area contributed by atoms with Gasteiger partial charge in [-0.25, -0.2) is 9.10 Å². The number of urea groups is 1. The number of amides is 3. The van der Waals surface area contributed by atoms with Crippen molar-refractivity contribution in [3.63, 3.8) is 0 Å². The monoisotopic (exact) mass is 343 g/mol. The van der Waals surface area contributed by atoms with E-state index in [0.29, 0.717) is 16.9 Å². The maximum Gasteiger partial charge on any atom is 0.336 e. The minimum atomic E-state index is -0.518. The molecule has 0 aromatic heterocycles. The number of carbonyl (C=O) groups is 2. The van der Waals surface area contributed by atoms with E-state index in [-0.39, 0.29) is 5.41 Å². The van der Waals surface area contributed by atoms with Crippen LogP contribution in [0.4, 0.5) is 16.2 Å². The molecule has 0 heterocycles. The SMILES string of the molecule is CC(C)(C)c1ccc(NC(=O)N(S)c2ccc(C(N)=O)cc2)cc1. The molecule has 0 unspecified atom stereocenters. The Balaban J connectivity index is 2.07. The molecule has 24 heavy (non-hydrogen) atoms. The molecule has 0 aliphatic heterocycles. The summed E-state index contributed by atoms with van der Waals surface area (Å²) < 4.78 is 1.17. The zero-order chi connectivity index (χ0) is 17.9. The van der Waals surface area contributed by atoms with E-state index >= 15 is 0 Å². The first-order chi connectivity index (χ1) is 11.2. The van der Waals surface area contributed by atoms with Crippen molar-refractivity contribution in [1.29, 1.82) is 0 Å². The average Bonchev–Trinajstić information content (AvgIpc) is 2.54. The number of hydrogen-bond acceptors (Lipinski definition) is 3. The summed E-state index contributed by atoms with van der Waals surface area (Å²) in [7, 11) is 0. The van der Waals surface area contributed by atoms with E-state index in [1.807, 2.05) is 24.3 Å². The molecule has 0 aliphatic carbocycles. The lowest BCUT2D eigenvalue weighted by molar-refractivity contribution is 0.100. The number of hydrogen-bond donors (Lipinski definition) is 3. The van der Waals surface area contributed by atoms with E-state index in [1.54, 1.807) is 24.3 Å². The van der Waals surface area contributed by atoms with Crippen LogP contribution < -0.4 is 15.4 Å². The van der Waals surface area contributed by atoms with Gasteiger partial charge in [0.1, 0.15) is 0 Å². The van der Waals surface area contributed by atoms with Crippen LogP contribution in [-0.4, -0.2) is 11.9 Å². The molecule has 126 valence electrons. The predicted molar refractivity (Wildman–Crippen MR) is 101 cm³/mol. The molecule has 0 aliphatic rings. The van der Waals surface area contributed by atoms with E-state index < -0.39 is 11.9 Å². The molecule has 0 saturated heterocycles. The molecule has 0 bridgehead atoms. The zero-order valence-corrected chi connectivity index (χ0v) is 14.8. The number of primary amides is 1. The van der Waals surface area contributed by atoms with E-state index in [4.69, 9.17) is 5.73 Å². The van der Waals surface area contributed by atoms with Gasteiger partial charge in [-0.05, 0) is 47.4 Å². The second-order valence-corrected chi connectivity index (χ2v) is 6.88. The standard InChI is InChI=1S/C18H21N3O2S/c1-18(2,3)13-6-8-14(9-7-13)20-17(23)21(24)15-10-4-12(5-11-15)16(19)22/h4-11,24H,1-3H3,(H2,19,22)(H,20,23). The van der Waals surface area contributed by atoms with Gasteiger partial charge in [0.25, 0.3) is 0 Å². The summed E-state index contributed by atoms with van der Waals surface area (Å²) in [6.45, 7) is 6.39. The van der Waals surface area contributed by atoms with Crippen LogP contribution in [0.2, 0.25) is 0 Å². The minimum absolute atomic E-state index is 0.0558. The molecule has 0 spiro atoms. The lowest BCUT2D eigenvalue weighted by Crippen LogP contribution is -2.26. The van der Waals surface area contributed by atoms with E-state index in [0.717, 1.165) is 0 Å². The van der Waals surface area contributed by atoms with Crippen molar-refractivity contribution in [2.24, 2.45) is 5.73 Å². The zero-order valence-electron chi connectivity index (χ0n) is 13.9. The Morgan fingerprint density at radius 3 is 2.00 bits per heavy atom. The van der Waals surface area contributed by atoms with Gasteiger partial charge in [0.05, 0.1) is 5.69 Å². The van der Waals surface area contributed by atoms with Crippen LogP contribution in [-0.2, 0) is 5.41 Å². The number of thiol groups is 1. The van der Waals surface area contributed by atoms with Gasteiger partial charge in [0.15, 0.2) is 0 Å². The number of rotatable bonds is 3. The van der Waals surface area contributed by atoms with Crippen molar-refractivity contribution in [1.82, 2.24) is 0 Å². The number of nitrogens with zero attached hydrogens (tertiary/aromatic N) is 1. The Labute approximate surface area is 147 Å². The molecule has 2 rings (SSSR count). The van der Waals surface area contributed by atoms with Crippen LogP contribution in [0.1, 0.15) is 36.7 Å². The lowest BCUT2D eigenvalue weighted by Gasteiger charge is -2.20. The normalized spacial score (nSPS) is 11.0. The molecule has 3 amide bonds. The van der Waals surface area contributed by atoms with Gasteiger partial charge >= 0.3 is 6.03 Å². The van der Waals surface area contributed by atoms with Gasteiger partial charge in [0.2, 0.25) is 5.91 Å². The summed E-state index contributed by atoms with van der Waals surface area (Å²) in [5, 5.41) is 2.78. The van der Waals surface area contributed by atoms with Gasteiger partial charge < -0.3 is 11.1 Å². The molecular formula is C18H21N3O2S. The van der Waals surface area contributed by atoms with Gasteiger partial charge in [-0.15, -0.1) is 0 Å². The first kappa shape index (κ1) is 17.9. The fourth-order valence-corrected chi connectivity index (χ4v) is 2.30. The number of carbonyl (C=O) groups excluding carboxylic acids is 2.